The summed E-state index contributed by atoms with van der Waals surface area (Å²) in [5.74, 6) is 1.84. The molecule has 1 aromatic rings. The summed E-state index contributed by atoms with van der Waals surface area (Å²) < 4.78 is 2.09. The summed E-state index contributed by atoms with van der Waals surface area (Å²) in [5, 5.41) is 7.66. The molecule has 2 aliphatic rings. The van der Waals surface area contributed by atoms with Crippen LogP contribution in [-0.4, -0.2) is 27.3 Å². The van der Waals surface area contributed by atoms with Crippen molar-refractivity contribution >= 4 is 17.3 Å². The van der Waals surface area contributed by atoms with Crippen LogP contribution >= 0.6 is 12.2 Å². The van der Waals surface area contributed by atoms with Gasteiger partial charge in [0, 0.05) is 31.5 Å². The highest BCUT2D eigenvalue weighted by molar-refractivity contribution is 7.80. The Morgan fingerprint density at radius 3 is 3.00 bits per heavy atom. The van der Waals surface area contributed by atoms with Crippen LogP contribution in [0.1, 0.15) is 32.1 Å². The van der Waals surface area contributed by atoms with Crippen molar-refractivity contribution in [3.05, 3.63) is 18.7 Å². The van der Waals surface area contributed by atoms with Crippen LogP contribution in [-0.2, 0) is 6.54 Å². The van der Waals surface area contributed by atoms with Gasteiger partial charge in [0.1, 0.15) is 0 Å². The lowest BCUT2D eigenvalue weighted by atomic mass is 9.96. The number of rotatable bonds is 5. The van der Waals surface area contributed by atoms with E-state index in [4.69, 9.17) is 12.2 Å². The zero-order chi connectivity index (χ0) is 13.1. The Kier molecular flexibility index (Phi) is 4.01. The lowest BCUT2D eigenvalue weighted by Crippen LogP contribution is -2.44. The summed E-state index contributed by atoms with van der Waals surface area (Å²) in [6, 6.07) is 0.632. The Balaban J connectivity index is 1.31. The zero-order valence-corrected chi connectivity index (χ0v) is 12.0. The van der Waals surface area contributed by atoms with Gasteiger partial charge in [0.05, 0.1) is 6.33 Å². The fourth-order valence-corrected chi connectivity index (χ4v) is 3.78. The third-order valence-corrected chi connectivity index (χ3v) is 4.75. The number of hydrogen-bond acceptors (Lipinski definition) is 2. The number of fused-ring (bicyclic) bond motifs is 2. The van der Waals surface area contributed by atoms with Crippen molar-refractivity contribution in [3.8, 4) is 0 Å². The Labute approximate surface area is 120 Å². The van der Waals surface area contributed by atoms with E-state index in [1.165, 1.54) is 25.7 Å². The fraction of sp³-hybridized carbons (Fsp3) is 0.714. The van der Waals surface area contributed by atoms with Crippen LogP contribution < -0.4 is 10.6 Å². The molecule has 104 valence electrons. The first-order valence-electron chi connectivity index (χ1n) is 7.31. The van der Waals surface area contributed by atoms with E-state index in [-0.39, 0.29) is 0 Å². The van der Waals surface area contributed by atoms with Crippen molar-refractivity contribution in [3.63, 3.8) is 0 Å². The second kappa shape index (κ2) is 5.90. The quantitative estimate of drug-likeness (QED) is 0.638. The monoisotopic (exact) mass is 278 g/mol. The molecule has 2 N–H and O–H groups in total. The molecule has 3 atom stereocenters. The number of nitrogens with zero attached hydrogens (tertiary/aromatic N) is 2. The molecule has 0 spiro atoms. The van der Waals surface area contributed by atoms with E-state index in [9.17, 15) is 0 Å². The van der Waals surface area contributed by atoms with Crippen LogP contribution in [0, 0.1) is 11.8 Å². The predicted octanol–water partition coefficient (Wildman–Crippen LogP) is 1.93. The average molecular weight is 278 g/mol. The summed E-state index contributed by atoms with van der Waals surface area (Å²) in [6.45, 7) is 1.91. The van der Waals surface area contributed by atoms with Crippen LogP contribution in [0.15, 0.2) is 18.7 Å². The van der Waals surface area contributed by atoms with E-state index < -0.39 is 0 Å². The lowest BCUT2D eigenvalue weighted by Gasteiger charge is -2.24. The highest BCUT2D eigenvalue weighted by Gasteiger charge is 2.39. The predicted molar refractivity (Wildman–Crippen MR) is 79.8 cm³/mol. The number of aryl methyl sites for hydroxylation is 1. The molecule has 5 heteroatoms. The number of aromatic nitrogens is 2. The smallest absolute Gasteiger partial charge is 0.166 e. The largest absolute Gasteiger partial charge is 0.363 e. The van der Waals surface area contributed by atoms with Crippen molar-refractivity contribution in [2.24, 2.45) is 11.8 Å². The SMILES string of the molecule is S=C(NCCCn1ccnc1)NC1CC2CCC1C2. The second-order valence-corrected chi connectivity index (χ2v) is 6.24. The average Bonchev–Trinajstić information content (AvgIpc) is 3.11. The molecule has 0 saturated heterocycles. The normalized spacial score (nSPS) is 28.5. The number of hydrogen-bond donors (Lipinski definition) is 2. The van der Waals surface area contributed by atoms with Crippen LogP contribution in [0.2, 0.25) is 0 Å². The van der Waals surface area contributed by atoms with Crippen molar-refractivity contribution in [1.82, 2.24) is 20.2 Å². The van der Waals surface area contributed by atoms with Gasteiger partial charge in [0.15, 0.2) is 5.11 Å². The van der Waals surface area contributed by atoms with Gasteiger partial charge < -0.3 is 15.2 Å². The van der Waals surface area contributed by atoms with E-state index in [1.54, 1.807) is 0 Å². The molecular weight excluding hydrogens is 256 g/mol. The molecule has 1 aromatic heterocycles. The van der Waals surface area contributed by atoms with Gasteiger partial charge in [-0.05, 0) is 49.7 Å². The van der Waals surface area contributed by atoms with Gasteiger partial charge in [-0.1, -0.05) is 6.42 Å². The Morgan fingerprint density at radius 1 is 1.37 bits per heavy atom. The van der Waals surface area contributed by atoms with Gasteiger partial charge >= 0.3 is 0 Å². The van der Waals surface area contributed by atoms with Gasteiger partial charge in [-0.15, -0.1) is 0 Å². The number of nitrogens with one attached hydrogen (secondary N) is 2. The molecular formula is C14H22N4S. The molecule has 0 radical (unpaired) electrons. The third-order valence-electron chi connectivity index (χ3n) is 4.49. The Morgan fingerprint density at radius 2 is 2.32 bits per heavy atom. The number of imidazole rings is 1. The zero-order valence-electron chi connectivity index (χ0n) is 11.2. The maximum atomic E-state index is 5.38. The van der Waals surface area contributed by atoms with Gasteiger partial charge in [-0.25, -0.2) is 4.98 Å². The summed E-state index contributed by atoms with van der Waals surface area (Å²) in [6.07, 6.45) is 12.3. The first-order chi connectivity index (χ1) is 9.31. The molecule has 2 aliphatic carbocycles. The maximum absolute atomic E-state index is 5.38. The molecule has 4 nitrogen and oxygen atoms in total. The minimum absolute atomic E-state index is 0.632. The Bertz CT molecular complexity index is 417. The maximum Gasteiger partial charge on any atom is 0.166 e. The summed E-state index contributed by atoms with van der Waals surface area (Å²) in [5.41, 5.74) is 0. The fourth-order valence-electron chi connectivity index (χ4n) is 3.52. The minimum Gasteiger partial charge on any atom is -0.363 e. The third kappa shape index (κ3) is 3.26. The van der Waals surface area contributed by atoms with Crippen molar-refractivity contribution < 1.29 is 0 Å². The molecule has 2 saturated carbocycles. The molecule has 2 fully saturated rings. The van der Waals surface area contributed by atoms with Gasteiger partial charge in [0.25, 0.3) is 0 Å². The van der Waals surface area contributed by atoms with Crippen molar-refractivity contribution in [1.29, 1.82) is 0 Å². The van der Waals surface area contributed by atoms with Crippen molar-refractivity contribution in [2.45, 2.75) is 44.7 Å². The van der Waals surface area contributed by atoms with E-state index >= 15 is 0 Å². The van der Waals surface area contributed by atoms with Gasteiger partial charge in [0.2, 0.25) is 0 Å². The minimum atomic E-state index is 0.632. The molecule has 19 heavy (non-hydrogen) atoms. The van der Waals surface area contributed by atoms with E-state index in [1.807, 2.05) is 18.7 Å². The van der Waals surface area contributed by atoms with Crippen LogP contribution in [0.5, 0.6) is 0 Å². The van der Waals surface area contributed by atoms with Gasteiger partial charge in [-0.3, -0.25) is 0 Å². The molecule has 2 bridgehead atoms. The van der Waals surface area contributed by atoms with Crippen LogP contribution in [0.3, 0.4) is 0 Å². The first-order valence-corrected chi connectivity index (χ1v) is 7.72. The van der Waals surface area contributed by atoms with Crippen LogP contribution in [0.25, 0.3) is 0 Å². The topological polar surface area (TPSA) is 41.9 Å². The first kappa shape index (κ1) is 12.9. The molecule has 3 rings (SSSR count). The van der Waals surface area contributed by atoms with Gasteiger partial charge in [-0.2, -0.15) is 0 Å². The number of thiocarbonyl (C=S) groups is 1. The van der Waals surface area contributed by atoms with E-state index in [0.717, 1.165) is 36.5 Å². The molecule has 0 aliphatic heterocycles. The Hall–Kier alpha value is -1.10. The van der Waals surface area contributed by atoms with Crippen LogP contribution in [0.4, 0.5) is 0 Å². The van der Waals surface area contributed by atoms with Crippen molar-refractivity contribution in [2.75, 3.05) is 6.54 Å². The molecule has 1 heterocycles. The highest BCUT2D eigenvalue weighted by atomic mass is 32.1. The molecule has 3 unspecified atom stereocenters. The highest BCUT2D eigenvalue weighted by Crippen LogP contribution is 2.44. The summed E-state index contributed by atoms with van der Waals surface area (Å²) >= 11 is 5.38. The second-order valence-electron chi connectivity index (χ2n) is 5.84. The molecule has 0 amide bonds. The van der Waals surface area contributed by atoms with E-state index in [2.05, 4.69) is 20.2 Å². The van der Waals surface area contributed by atoms with E-state index in [0.29, 0.717) is 6.04 Å². The summed E-state index contributed by atoms with van der Waals surface area (Å²) in [7, 11) is 0. The standard InChI is InChI=1S/C14H22N4S/c19-14(16-4-1-6-18-7-5-15-10-18)17-13-9-11-2-3-12(13)8-11/h5,7,10-13H,1-4,6,8-9H2,(H2,16,17,19). The molecule has 0 aromatic carbocycles. The lowest BCUT2D eigenvalue weighted by molar-refractivity contribution is 0.389. The summed E-state index contributed by atoms with van der Waals surface area (Å²) in [4.78, 5) is 4.03.